The van der Waals surface area contributed by atoms with Gasteiger partial charge in [-0.15, -0.1) is 6.58 Å². The molecule has 0 radical (unpaired) electrons. The summed E-state index contributed by atoms with van der Waals surface area (Å²) < 4.78 is 0. The summed E-state index contributed by atoms with van der Waals surface area (Å²) >= 11 is 5.99. The summed E-state index contributed by atoms with van der Waals surface area (Å²) in [6, 6.07) is 26.0. The van der Waals surface area contributed by atoms with Crippen LogP contribution >= 0.6 is 11.6 Å². The Hall–Kier alpha value is -3.37. The van der Waals surface area contributed by atoms with Gasteiger partial charge in [0.2, 0.25) is 11.8 Å². The number of hydrogen-bond acceptors (Lipinski definition) is 2. The molecule has 1 atom stereocenters. The second kappa shape index (κ2) is 11.9. The van der Waals surface area contributed by atoms with Crippen molar-refractivity contribution in [3.8, 4) is 0 Å². The van der Waals surface area contributed by atoms with Gasteiger partial charge in [0.05, 0.1) is 6.42 Å². The monoisotopic (exact) mass is 446 g/mol. The van der Waals surface area contributed by atoms with E-state index in [-0.39, 0.29) is 18.2 Å². The first-order valence-electron chi connectivity index (χ1n) is 10.6. The maximum absolute atomic E-state index is 13.5. The first kappa shape index (κ1) is 23.3. The zero-order valence-electron chi connectivity index (χ0n) is 17.9. The van der Waals surface area contributed by atoms with Crippen LogP contribution in [0.3, 0.4) is 0 Å². The molecule has 0 bridgehead atoms. The fraction of sp³-hybridized carbons (Fsp3) is 0.185. The quantitative estimate of drug-likeness (QED) is 0.454. The number of carbonyl (C=O) groups excluding carboxylic acids is 2. The lowest BCUT2D eigenvalue weighted by atomic mass is 10.0. The standard InChI is InChI=1S/C27H27ClN2O2/c1-2-17-29-27(32)25(18-21-9-5-3-6-10-21)30(20-23-11-7-4-8-12-23)26(31)19-22-13-15-24(28)16-14-22/h2-16,25H,1,17-20H2,(H,29,32). The molecule has 4 nitrogen and oxygen atoms in total. The number of nitrogens with one attached hydrogen (secondary N) is 1. The minimum atomic E-state index is -0.655. The molecular formula is C27H27ClN2O2. The second-order valence-corrected chi connectivity index (χ2v) is 7.99. The molecule has 164 valence electrons. The van der Waals surface area contributed by atoms with E-state index in [1.54, 1.807) is 23.1 Å². The fourth-order valence-electron chi connectivity index (χ4n) is 3.50. The SMILES string of the molecule is C=CCNC(=O)C(Cc1ccccc1)N(Cc1ccccc1)C(=O)Cc1ccc(Cl)cc1. The third-order valence-electron chi connectivity index (χ3n) is 5.16. The highest BCUT2D eigenvalue weighted by atomic mass is 35.5. The van der Waals surface area contributed by atoms with Gasteiger partial charge in [0, 0.05) is 24.5 Å². The highest BCUT2D eigenvalue weighted by Gasteiger charge is 2.30. The van der Waals surface area contributed by atoms with Gasteiger partial charge in [-0.05, 0) is 28.8 Å². The molecule has 0 heterocycles. The summed E-state index contributed by atoms with van der Waals surface area (Å²) in [5.41, 5.74) is 2.80. The summed E-state index contributed by atoms with van der Waals surface area (Å²) in [4.78, 5) is 28.4. The average molecular weight is 447 g/mol. The zero-order chi connectivity index (χ0) is 22.8. The summed E-state index contributed by atoms with van der Waals surface area (Å²) in [5.74, 6) is -0.319. The molecule has 1 unspecified atom stereocenters. The van der Waals surface area contributed by atoms with Crippen molar-refractivity contribution in [3.63, 3.8) is 0 Å². The molecule has 0 aromatic heterocycles. The Morgan fingerprint density at radius 3 is 2.06 bits per heavy atom. The molecular weight excluding hydrogens is 420 g/mol. The van der Waals surface area contributed by atoms with Crippen LogP contribution in [0.1, 0.15) is 16.7 Å². The van der Waals surface area contributed by atoms with E-state index in [0.717, 1.165) is 16.7 Å². The van der Waals surface area contributed by atoms with Crippen LogP contribution < -0.4 is 5.32 Å². The third kappa shape index (κ3) is 6.82. The molecule has 32 heavy (non-hydrogen) atoms. The van der Waals surface area contributed by atoms with Crippen LogP contribution in [0, 0.1) is 0 Å². The van der Waals surface area contributed by atoms with E-state index in [2.05, 4.69) is 11.9 Å². The van der Waals surface area contributed by atoms with Crippen molar-refractivity contribution in [2.75, 3.05) is 6.54 Å². The number of hydrogen-bond donors (Lipinski definition) is 1. The molecule has 0 saturated heterocycles. The predicted molar refractivity (Wildman–Crippen MR) is 129 cm³/mol. The van der Waals surface area contributed by atoms with Crippen molar-refractivity contribution in [1.29, 1.82) is 0 Å². The lowest BCUT2D eigenvalue weighted by Crippen LogP contribution is -2.51. The number of benzene rings is 3. The van der Waals surface area contributed by atoms with Crippen LogP contribution in [-0.4, -0.2) is 29.3 Å². The van der Waals surface area contributed by atoms with E-state index in [9.17, 15) is 9.59 Å². The summed E-state index contributed by atoms with van der Waals surface area (Å²) in [7, 11) is 0. The van der Waals surface area contributed by atoms with Crippen molar-refractivity contribution in [2.45, 2.75) is 25.4 Å². The van der Waals surface area contributed by atoms with Gasteiger partial charge < -0.3 is 10.2 Å². The van der Waals surface area contributed by atoms with E-state index in [1.807, 2.05) is 72.8 Å². The predicted octanol–water partition coefficient (Wildman–Crippen LogP) is 4.82. The highest BCUT2D eigenvalue weighted by molar-refractivity contribution is 6.30. The number of carbonyl (C=O) groups is 2. The van der Waals surface area contributed by atoms with Crippen molar-refractivity contribution < 1.29 is 9.59 Å². The number of halogens is 1. The topological polar surface area (TPSA) is 49.4 Å². The first-order chi connectivity index (χ1) is 15.6. The molecule has 0 fully saturated rings. The normalized spacial score (nSPS) is 11.4. The Morgan fingerprint density at radius 1 is 0.875 bits per heavy atom. The van der Waals surface area contributed by atoms with Crippen LogP contribution in [0.25, 0.3) is 0 Å². The van der Waals surface area contributed by atoms with E-state index in [1.165, 1.54) is 0 Å². The average Bonchev–Trinajstić information content (AvgIpc) is 2.82. The second-order valence-electron chi connectivity index (χ2n) is 7.55. The van der Waals surface area contributed by atoms with Gasteiger partial charge in [-0.25, -0.2) is 0 Å². The molecule has 0 aliphatic heterocycles. The zero-order valence-corrected chi connectivity index (χ0v) is 18.7. The molecule has 3 aromatic carbocycles. The highest BCUT2D eigenvalue weighted by Crippen LogP contribution is 2.17. The van der Waals surface area contributed by atoms with Gasteiger partial charge in [-0.1, -0.05) is 90.5 Å². The molecule has 0 spiro atoms. The molecule has 3 rings (SSSR count). The maximum atomic E-state index is 13.5. The van der Waals surface area contributed by atoms with Crippen molar-refractivity contribution in [3.05, 3.63) is 119 Å². The van der Waals surface area contributed by atoms with Crippen LogP contribution in [0.4, 0.5) is 0 Å². The smallest absolute Gasteiger partial charge is 0.243 e. The van der Waals surface area contributed by atoms with Gasteiger partial charge in [0.1, 0.15) is 6.04 Å². The van der Waals surface area contributed by atoms with Crippen LogP contribution in [0.5, 0.6) is 0 Å². The minimum absolute atomic E-state index is 0.120. The van der Waals surface area contributed by atoms with E-state index < -0.39 is 6.04 Å². The largest absolute Gasteiger partial charge is 0.351 e. The fourth-order valence-corrected chi connectivity index (χ4v) is 3.63. The van der Waals surface area contributed by atoms with Gasteiger partial charge in [-0.3, -0.25) is 9.59 Å². The Labute approximate surface area is 194 Å². The molecule has 0 saturated carbocycles. The minimum Gasteiger partial charge on any atom is -0.351 e. The Balaban J connectivity index is 1.92. The summed E-state index contributed by atoms with van der Waals surface area (Å²) in [5, 5.41) is 3.50. The lowest BCUT2D eigenvalue weighted by molar-refractivity contribution is -0.140. The summed E-state index contributed by atoms with van der Waals surface area (Å²) in [6.45, 7) is 4.36. The van der Waals surface area contributed by atoms with E-state index >= 15 is 0 Å². The summed E-state index contributed by atoms with van der Waals surface area (Å²) in [6.07, 6.45) is 2.24. The van der Waals surface area contributed by atoms with Crippen LogP contribution in [-0.2, 0) is 29.0 Å². The Morgan fingerprint density at radius 2 is 1.47 bits per heavy atom. The van der Waals surface area contributed by atoms with Crippen LogP contribution in [0.2, 0.25) is 5.02 Å². The maximum Gasteiger partial charge on any atom is 0.243 e. The van der Waals surface area contributed by atoms with Gasteiger partial charge in [-0.2, -0.15) is 0 Å². The van der Waals surface area contributed by atoms with Crippen molar-refractivity contribution >= 4 is 23.4 Å². The number of amides is 2. The molecule has 5 heteroatoms. The molecule has 3 aromatic rings. The van der Waals surface area contributed by atoms with Gasteiger partial charge in [0.25, 0.3) is 0 Å². The van der Waals surface area contributed by atoms with Gasteiger partial charge in [0.15, 0.2) is 0 Å². The first-order valence-corrected chi connectivity index (χ1v) is 10.9. The van der Waals surface area contributed by atoms with Gasteiger partial charge >= 0.3 is 0 Å². The molecule has 2 amide bonds. The van der Waals surface area contributed by atoms with Crippen LogP contribution in [0.15, 0.2) is 97.6 Å². The van der Waals surface area contributed by atoms with E-state index in [4.69, 9.17) is 11.6 Å². The molecule has 0 aliphatic rings. The third-order valence-corrected chi connectivity index (χ3v) is 5.41. The number of rotatable bonds is 10. The van der Waals surface area contributed by atoms with Crippen molar-refractivity contribution in [1.82, 2.24) is 10.2 Å². The van der Waals surface area contributed by atoms with E-state index in [0.29, 0.717) is 24.5 Å². The van der Waals surface area contributed by atoms with Crippen molar-refractivity contribution in [2.24, 2.45) is 0 Å². The lowest BCUT2D eigenvalue weighted by Gasteiger charge is -2.31. The molecule has 0 aliphatic carbocycles. The molecule has 1 N–H and O–H groups in total. The Bertz CT molecular complexity index is 1020. The number of nitrogens with zero attached hydrogens (tertiary/aromatic N) is 1. The Kier molecular flexibility index (Phi) is 8.64.